The lowest BCUT2D eigenvalue weighted by Gasteiger charge is -2.37. The van der Waals surface area contributed by atoms with Gasteiger partial charge < -0.3 is 15.0 Å². The van der Waals surface area contributed by atoms with Gasteiger partial charge in [-0.25, -0.2) is 10.0 Å². The van der Waals surface area contributed by atoms with Crippen LogP contribution in [0.2, 0.25) is 0 Å². The minimum absolute atomic E-state index is 0.271. The number of anilines is 1. The first-order chi connectivity index (χ1) is 12.0. The molecule has 0 aliphatic carbocycles. The lowest BCUT2D eigenvalue weighted by atomic mass is 10.3. The summed E-state index contributed by atoms with van der Waals surface area (Å²) in [5.41, 5.74) is 0.619. The third-order valence-corrected chi connectivity index (χ3v) is 3.82. The van der Waals surface area contributed by atoms with E-state index in [2.05, 4.69) is 40.4 Å². The summed E-state index contributed by atoms with van der Waals surface area (Å²) < 4.78 is 5.60. The van der Waals surface area contributed by atoms with E-state index in [9.17, 15) is 4.79 Å². The average molecular weight is 343 g/mol. The molecule has 0 radical (unpaired) electrons. The summed E-state index contributed by atoms with van der Waals surface area (Å²) >= 11 is 0. The molecule has 0 aromatic heterocycles. The number of hydrogen-bond donors (Lipinski definition) is 1. The number of nitrogens with zero attached hydrogens (tertiary/aromatic N) is 4. The summed E-state index contributed by atoms with van der Waals surface area (Å²) in [4.78, 5) is 17.9. The Labute approximate surface area is 148 Å². The molecule has 0 unspecified atom stereocenters. The van der Waals surface area contributed by atoms with Gasteiger partial charge in [0.1, 0.15) is 12.1 Å². The van der Waals surface area contributed by atoms with Gasteiger partial charge in [-0.1, -0.05) is 12.6 Å². The quantitative estimate of drug-likeness (QED) is 0.354. The van der Waals surface area contributed by atoms with Crippen LogP contribution < -0.4 is 10.1 Å². The van der Waals surface area contributed by atoms with Crippen molar-refractivity contribution in [3.8, 4) is 5.75 Å². The van der Waals surface area contributed by atoms with E-state index in [4.69, 9.17) is 4.74 Å². The van der Waals surface area contributed by atoms with E-state index in [-0.39, 0.29) is 11.8 Å². The number of piperazine rings is 1. The molecular formula is C18H25N5O2. The van der Waals surface area contributed by atoms with Crippen LogP contribution in [0.3, 0.4) is 0 Å². The highest BCUT2D eigenvalue weighted by Crippen LogP contribution is 2.19. The van der Waals surface area contributed by atoms with Crippen molar-refractivity contribution in [3.63, 3.8) is 0 Å². The number of amides is 1. The van der Waals surface area contributed by atoms with Gasteiger partial charge in [-0.15, -0.1) is 0 Å². The van der Waals surface area contributed by atoms with Crippen molar-refractivity contribution < 1.29 is 9.53 Å². The van der Waals surface area contributed by atoms with Gasteiger partial charge in [0.25, 0.3) is 0 Å². The third kappa shape index (κ3) is 6.06. The van der Waals surface area contributed by atoms with E-state index < -0.39 is 0 Å². The third-order valence-electron chi connectivity index (χ3n) is 3.82. The number of ether oxygens (including phenoxy) is 1. The number of hydrazine groups is 1. The zero-order chi connectivity index (χ0) is 18.2. The fourth-order valence-electron chi connectivity index (χ4n) is 2.33. The molecule has 0 spiro atoms. The van der Waals surface area contributed by atoms with Crippen LogP contribution in [0.4, 0.5) is 5.69 Å². The second-order valence-corrected chi connectivity index (χ2v) is 5.79. The SMILES string of the molecule is C=CC(=O)Nc1cccc(OC(=C)/N=C\N(C)N2CCN(C)CC2)c1. The van der Waals surface area contributed by atoms with Crippen molar-refractivity contribution in [2.24, 2.45) is 4.99 Å². The number of rotatable bonds is 7. The molecule has 1 aliphatic heterocycles. The van der Waals surface area contributed by atoms with E-state index >= 15 is 0 Å². The number of hydrogen-bond acceptors (Lipinski definition) is 5. The number of likely N-dealkylation sites (N-methyl/N-ethyl adjacent to an activating group) is 1. The molecule has 1 aromatic rings. The van der Waals surface area contributed by atoms with Crippen molar-refractivity contribution in [3.05, 3.63) is 49.4 Å². The number of aliphatic imine (C=N–C) groups is 1. The topological polar surface area (TPSA) is 60.4 Å². The Bertz CT molecular complexity index is 651. The number of benzene rings is 1. The molecule has 1 heterocycles. The molecule has 134 valence electrons. The monoisotopic (exact) mass is 343 g/mol. The fourth-order valence-corrected chi connectivity index (χ4v) is 2.33. The Morgan fingerprint density at radius 1 is 1.36 bits per heavy atom. The second-order valence-electron chi connectivity index (χ2n) is 5.79. The fraction of sp³-hybridized carbons (Fsp3) is 0.333. The predicted octanol–water partition coefficient (Wildman–Crippen LogP) is 1.78. The number of carbonyl (C=O) groups excluding carboxylic acids is 1. The summed E-state index contributed by atoms with van der Waals surface area (Å²) in [5, 5.41) is 6.84. The van der Waals surface area contributed by atoms with Gasteiger partial charge >= 0.3 is 0 Å². The van der Waals surface area contributed by atoms with Crippen molar-refractivity contribution >= 4 is 17.9 Å². The molecule has 25 heavy (non-hydrogen) atoms. The average Bonchev–Trinajstić information content (AvgIpc) is 2.60. The second kappa shape index (κ2) is 9.00. The van der Waals surface area contributed by atoms with Crippen LogP contribution in [0.5, 0.6) is 5.75 Å². The summed E-state index contributed by atoms with van der Waals surface area (Å²) in [6.45, 7) is 11.2. The Hall–Kier alpha value is -2.64. The normalized spacial score (nSPS) is 15.8. The number of nitrogens with one attached hydrogen (secondary N) is 1. The highest BCUT2D eigenvalue weighted by molar-refractivity contribution is 5.98. The van der Waals surface area contributed by atoms with Gasteiger partial charge in [0.05, 0.1) is 0 Å². The molecule has 1 aromatic carbocycles. The lowest BCUT2D eigenvalue weighted by molar-refractivity contribution is -0.111. The van der Waals surface area contributed by atoms with E-state index in [0.717, 1.165) is 26.2 Å². The van der Waals surface area contributed by atoms with Crippen LogP contribution in [-0.2, 0) is 4.79 Å². The smallest absolute Gasteiger partial charge is 0.247 e. The zero-order valence-electron chi connectivity index (χ0n) is 14.8. The number of carbonyl (C=O) groups is 1. The van der Waals surface area contributed by atoms with E-state index in [1.54, 1.807) is 30.6 Å². The zero-order valence-corrected chi connectivity index (χ0v) is 14.8. The summed E-state index contributed by atoms with van der Waals surface area (Å²) in [6, 6.07) is 7.02. The Balaban J connectivity index is 1.88. The molecule has 0 atom stereocenters. The highest BCUT2D eigenvalue weighted by atomic mass is 16.5. The molecule has 2 rings (SSSR count). The van der Waals surface area contributed by atoms with Gasteiger partial charge in [0.2, 0.25) is 11.8 Å². The standard InChI is InChI=1S/C18H25N5O2/c1-5-18(24)20-16-7-6-8-17(13-16)25-15(2)19-14-22(4)23-11-9-21(3)10-12-23/h5-8,13-14H,1-2,9-12H2,3-4H3,(H,20,24)/b19-14-. The van der Waals surface area contributed by atoms with E-state index in [0.29, 0.717) is 11.4 Å². The first-order valence-corrected chi connectivity index (χ1v) is 8.08. The van der Waals surface area contributed by atoms with Crippen molar-refractivity contribution in [1.82, 2.24) is 14.9 Å². The van der Waals surface area contributed by atoms with Crippen LogP contribution in [0.1, 0.15) is 0 Å². The molecule has 1 amide bonds. The summed E-state index contributed by atoms with van der Waals surface area (Å²) in [7, 11) is 4.07. The highest BCUT2D eigenvalue weighted by Gasteiger charge is 2.15. The molecule has 7 nitrogen and oxygen atoms in total. The molecular weight excluding hydrogens is 318 g/mol. The largest absolute Gasteiger partial charge is 0.440 e. The first kappa shape index (κ1) is 18.7. The van der Waals surface area contributed by atoms with Crippen LogP contribution >= 0.6 is 0 Å². The van der Waals surface area contributed by atoms with Gasteiger partial charge in [0.15, 0.2) is 0 Å². The maximum atomic E-state index is 11.3. The van der Waals surface area contributed by atoms with Gasteiger partial charge in [-0.05, 0) is 31.8 Å². The molecule has 1 N–H and O–H groups in total. The molecule has 7 heteroatoms. The van der Waals surface area contributed by atoms with Gasteiger partial charge in [0, 0.05) is 45.0 Å². The lowest BCUT2D eigenvalue weighted by Crippen LogP contribution is -2.50. The van der Waals surface area contributed by atoms with Crippen LogP contribution in [0.25, 0.3) is 0 Å². The molecule has 1 aliphatic rings. The summed E-state index contributed by atoms with van der Waals surface area (Å²) in [6.07, 6.45) is 2.90. The van der Waals surface area contributed by atoms with Crippen LogP contribution in [0.15, 0.2) is 54.4 Å². The van der Waals surface area contributed by atoms with E-state index in [1.807, 2.05) is 12.1 Å². The Morgan fingerprint density at radius 2 is 2.08 bits per heavy atom. The minimum atomic E-state index is -0.275. The van der Waals surface area contributed by atoms with Crippen LogP contribution in [0, 0.1) is 0 Å². The van der Waals surface area contributed by atoms with Crippen molar-refractivity contribution in [2.75, 3.05) is 45.6 Å². The predicted molar refractivity (Wildman–Crippen MR) is 100 cm³/mol. The Kier molecular flexibility index (Phi) is 6.73. The molecule has 0 saturated carbocycles. The molecule has 0 bridgehead atoms. The van der Waals surface area contributed by atoms with Crippen molar-refractivity contribution in [2.45, 2.75) is 0 Å². The summed E-state index contributed by atoms with van der Waals surface area (Å²) in [5.74, 6) is 0.544. The maximum absolute atomic E-state index is 11.3. The minimum Gasteiger partial charge on any atom is -0.440 e. The van der Waals surface area contributed by atoms with Gasteiger partial charge in [-0.2, -0.15) is 0 Å². The Morgan fingerprint density at radius 3 is 2.76 bits per heavy atom. The molecule has 1 fully saturated rings. The van der Waals surface area contributed by atoms with Crippen LogP contribution in [-0.4, -0.2) is 67.4 Å². The van der Waals surface area contributed by atoms with Gasteiger partial charge in [-0.3, -0.25) is 9.80 Å². The molecule has 1 saturated heterocycles. The first-order valence-electron chi connectivity index (χ1n) is 8.08. The maximum Gasteiger partial charge on any atom is 0.247 e. The van der Waals surface area contributed by atoms with Crippen molar-refractivity contribution in [1.29, 1.82) is 0 Å². The van der Waals surface area contributed by atoms with E-state index in [1.165, 1.54) is 6.08 Å².